The smallest absolute Gasteiger partial charge is 0.161 e. The van der Waals surface area contributed by atoms with Gasteiger partial charge in [0.25, 0.3) is 0 Å². The van der Waals surface area contributed by atoms with Gasteiger partial charge in [-0.05, 0) is 42.4 Å². The fraction of sp³-hybridized carbons (Fsp3) is 0.647. The van der Waals surface area contributed by atoms with Crippen LogP contribution in [0.4, 0.5) is 0 Å². The molecule has 1 aliphatic carbocycles. The number of ether oxygens (including phenoxy) is 2. The zero-order valence-corrected chi connectivity index (χ0v) is 13.2. The van der Waals surface area contributed by atoms with Crippen molar-refractivity contribution in [3.63, 3.8) is 0 Å². The van der Waals surface area contributed by atoms with Gasteiger partial charge in [0.15, 0.2) is 11.5 Å². The second-order valence-electron chi connectivity index (χ2n) is 6.80. The minimum Gasteiger partial charge on any atom is -0.493 e. The van der Waals surface area contributed by atoms with Crippen LogP contribution >= 0.6 is 0 Å². The number of rotatable bonds is 7. The molecule has 0 atom stereocenters. The molecule has 0 spiro atoms. The van der Waals surface area contributed by atoms with Gasteiger partial charge in [-0.3, -0.25) is 0 Å². The lowest BCUT2D eigenvalue weighted by atomic mass is 9.93. The highest BCUT2D eigenvalue weighted by molar-refractivity contribution is 5.43. The van der Waals surface area contributed by atoms with Crippen LogP contribution in [0.3, 0.4) is 0 Å². The standard InChI is InChI=1S/C17H27NO2/c1-17(2,3)9-10-20-15-8-5-13(11-16(15)19-4)12-18-14-6-7-14/h5,8,11,14,18H,6-7,9-10,12H2,1-4H3. The van der Waals surface area contributed by atoms with E-state index in [1.807, 2.05) is 6.07 Å². The third-order valence-corrected chi connectivity index (χ3v) is 3.51. The summed E-state index contributed by atoms with van der Waals surface area (Å²) in [5.74, 6) is 1.67. The zero-order valence-electron chi connectivity index (χ0n) is 13.2. The van der Waals surface area contributed by atoms with Crippen molar-refractivity contribution < 1.29 is 9.47 Å². The van der Waals surface area contributed by atoms with Gasteiger partial charge < -0.3 is 14.8 Å². The number of hydrogen-bond acceptors (Lipinski definition) is 3. The lowest BCUT2D eigenvalue weighted by Crippen LogP contribution is -2.15. The Hall–Kier alpha value is -1.22. The Morgan fingerprint density at radius 1 is 1.20 bits per heavy atom. The SMILES string of the molecule is COc1cc(CNC2CC2)ccc1OCCC(C)(C)C. The predicted molar refractivity (Wildman–Crippen MR) is 82.4 cm³/mol. The summed E-state index contributed by atoms with van der Waals surface area (Å²) >= 11 is 0. The summed E-state index contributed by atoms with van der Waals surface area (Å²) in [6.07, 6.45) is 3.65. The van der Waals surface area contributed by atoms with Crippen LogP contribution < -0.4 is 14.8 Å². The van der Waals surface area contributed by atoms with Crippen molar-refractivity contribution in [1.82, 2.24) is 5.32 Å². The third-order valence-electron chi connectivity index (χ3n) is 3.51. The largest absolute Gasteiger partial charge is 0.493 e. The molecule has 0 radical (unpaired) electrons. The molecule has 2 rings (SSSR count). The van der Waals surface area contributed by atoms with Crippen LogP contribution in [0.2, 0.25) is 0 Å². The van der Waals surface area contributed by atoms with Crippen LogP contribution in [0.25, 0.3) is 0 Å². The molecule has 1 fully saturated rings. The average molecular weight is 277 g/mol. The molecule has 3 nitrogen and oxygen atoms in total. The quantitative estimate of drug-likeness (QED) is 0.823. The number of nitrogens with one attached hydrogen (secondary N) is 1. The normalized spacial score (nSPS) is 15.2. The van der Waals surface area contributed by atoms with E-state index >= 15 is 0 Å². The molecule has 20 heavy (non-hydrogen) atoms. The van der Waals surface area contributed by atoms with Crippen molar-refractivity contribution in [2.24, 2.45) is 5.41 Å². The molecular weight excluding hydrogens is 250 g/mol. The number of hydrogen-bond donors (Lipinski definition) is 1. The fourth-order valence-corrected chi connectivity index (χ4v) is 1.96. The maximum atomic E-state index is 5.85. The first kappa shape index (κ1) is 15.2. The van der Waals surface area contributed by atoms with Gasteiger partial charge >= 0.3 is 0 Å². The Morgan fingerprint density at radius 2 is 1.95 bits per heavy atom. The first-order valence-electron chi connectivity index (χ1n) is 7.51. The van der Waals surface area contributed by atoms with E-state index in [2.05, 4.69) is 38.2 Å². The van der Waals surface area contributed by atoms with Gasteiger partial charge in [-0.25, -0.2) is 0 Å². The van der Waals surface area contributed by atoms with Crippen molar-refractivity contribution >= 4 is 0 Å². The predicted octanol–water partition coefficient (Wildman–Crippen LogP) is 3.76. The summed E-state index contributed by atoms with van der Waals surface area (Å²) in [7, 11) is 1.70. The summed E-state index contributed by atoms with van der Waals surface area (Å²) in [5.41, 5.74) is 1.54. The van der Waals surface area contributed by atoms with Gasteiger partial charge in [0.2, 0.25) is 0 Å². The maximum Gasteiger partial charge on any atom is 0.161 e. The second kappa shape index (κ2) is 6.49. The molecule has 1 aliphatic rings. The van der Waals surface area contributed by atoms with Crippen LogP contribution in [0.1, 0.15) is 45.6 Å². The maximum absolute atomic E-state index is 5.85. The van der Waals surface area contributed by atoms with Gasteiger partial charge in [0.1, 0.15) is 0 Å². The van der Waals surface area contributed by atoms with Crippen molar-refractivity contribution in [3.8, 4) is 11.5 Å². The third kappa shape index (κ3) is 5.04. The van der Waals surface area contributed by atoms with Crippen LogP contribution in [0, 0.1) is 5.41 Å². The molecule has 0 unspecified atom stereocenters. The lowest BCUT2D eigenvalue weighted by molar-refractivity contribution is 0.234. The lowest BCUT2D eigenvalue weighted by Gasteiger charge is -2.19. The minimum atomic E-state index is 0.293. The summed E-state index contributed by atoms with van der Waals surface area (Å²) in [6, 6.07) is 6.93. The monoisotopic (exact) mass is 277 g/mol. The van der Waals surface area contributed by atoms with E-state index in [-0.39, 0.29) is 0 Å². The van der Waals surface area contributed by atoms with Gasteiger partial charge in [-0.2, -0.15) is 0 Å². The van der Waals surface area contributed by atoms with Crippen LogP contribution in [-0.4, -0.2) is 19.8 Å². The molecule has 1 aromatic rings. The van der Waals surface area contributed by atoms with E-state index in [0.29, 0.717) is 5.41 Å². The molecule has 1 saturated carbocycles. The Morgan fingerprint density at radius 3 is 2.55 bits per heavy atom. The molecule has 0 heterocycles. The second-order valence-corrected chi connectivity index (χ2v) is 6.80. The summed E-state index contributed by atoms with van der Waals surface area (Å²) in [6.45, 7) is 8.30. The van der Waals surface area contributed by atoms with Crippen molar-refractivity contribution in [2.45, 2.75) is 52.6 Å². The zero-order chi connectivity index (χ0) is 14.6. The minimum absolute atomic E-state index is 0.293. The fourth-order valence-electron chi connectivity index (χ4n) is 1.96. The van der Waals surface area contributed by atoms with E-state index in [1.54, 1.807) is 7.11 Å². The Balaban J connectivity index is 1.90. The van der Waals surface area contributed by atoms with Crippen LogP contribution in [0.15, 0.2) is 18.2 Å². The van der Waals surface area contributed by atoms with Crippen molar-refractivity contribution in [3.05, 3.63) is 23.8 Å². The molecule has 3 heteroatoms. The molecular formula is C17H27NO2. The summed E-state index contributed by atoms with van der Waals surface area (Å²) in [4.78, 5) is 0. The van der Waals surface area contributed by atoms with Crippen LogP contribution in [0.5, 0.6) is 11.5 Å². The summed E-state index contributed by atoms with van der Waals surface area (Å²) < 4.78 is 11.3. The molecule has 112 valence electrons. The molecule has 1 N–H and O–H groups in total. The number of benzene rings is 1. The van der Waals surface area contributed by atoms with Gasteiger partial charge in [-0.1, -0.05) is 26.8 Å². The Labute approximate surface area is 122 Å². The average Bonchev–Trinajstić information content (AvgIpc) is 3.20. The van der Waals surface area contributed by atoms with E-state index < -0.39 is 0 Å². The van der Waals surface area contributed by atoms with Gasteiger partial charge in [0.05, 0.1) is 13.7 Å². The van der Waals surface area contributed by atoms with Crippen molar-refractivity contribution in [1.29, 1.82) is 0 Å². The van der Waals surface area contributed by atoms with Gasteiger partial charge in [0, 0.05) is 12.6 Å². The Kier molecular flexibility index (Phi) is 4.92. The van der Waals surface area contributed by atoms with Crippen LogP contribution in [-0.2, 0) is 6.54 Å². The highest BCUT2D eigenvalue weighted by Gasteiger charge is 2.20. The van der Waals surface area contributed by atoms with E-state index in [4.69, 9.17) is 9.47 Å². The molecule has 0 saturated heterocycles. The topological polar surface area (TPSA) is 30.5 Å². The van der Waals surface area contributed by atoms with Gasteiger partial charge in [-0.15, -0.1) is 0 Å². The molecule has 0 aliphatic heterocycles. The first-order chi connectivity index (χ1) is 9.48. The molecule has 0 bridgehead atoms. The van der Waals surface area contributed by atoms with E-state index in [1.165, 1.54) is 18.4 Å². The highest BCUT2D eigenvalue weighted by Crippen LogP contribution is 2.29. The van der Waals surface area contributed by atoms with E-state index in [0.717, 1.165) is 37.1 Å². The highest BCUT2D eigenvalue weighted by atomic mass is 16.5. The number of methoxy groups -OCH3 is 1. The molecule has 0 amide bonds. The Bertz CT molecular complexity index is 433. The van der Waals surface area contributed by atoms with Crippen molar-refractivity contribution in [2.75, 3.05) is 13.7 Å². The van der Waals surface area contributed by atoms with E-state index in [9.17, 15) is 0 Å². The summed E-state index contributed by atoms with van der Waals surface area (Å²) in [5, 5.41) is 3.51. The first-order valence-corrected chi connectivity index (χ1v) is 7.51. The molecule has 0 aromatic heterocycles. The molecule has 1 aromatic carbocycles.